The highest BCUT2D eigenvalue weighted by molar-refractivity contribution is 6.07. The zero-order valence-electron chi connectivity index (χ0n) is 15.4. The maximum Gasteiger partial charge on any atom is 0.416 e. The average Bonchev–Trinajstić information content (AvgIpc) is 2.72. The molecule has 0 atom stereocenters. The van der Waals surface area contributed by atoms with Crippen LogP contribution in [0, 0.1) is 0 Å². The summed E-state index contributed by atoms with van der Waals surface area (Å²) in [4.78, 5) is 24.0. The van der Waals surface area contributed by atoms with Crippen molar-refractivity contribution in [2.45, 2.75) is 6.18 Å². The second-order valence-corrected chi connectivity index (χ2v) is 6.80. The van der Waals surface area contributed by atoms with Crippen LogP contribution in [0.5, 0.6) is 0 Å². The van der Waals surface area contributed by atoms with Gasteiger partial charge in [0.1, 0.15) is 6.33 Å². The largest absolute Gasteiger partial charge is 0.416 e. The van der Waals surface area contributed by atoms with Crippen molar-refractivity contribution in [3.05, 3.63) is 60.0 Å². The van der Waals surface area contributed by atoms with Gasteiger partial charge in [-0.2, -0.15) is 13.2 Å². The molecule has 2 aromatic carbocycles. The van der Waals surface area contributed by atoms with Gasteiger partial charge in [0.15, 0.2) is 0 Å². The minimum atomic E-state index is -4.36. The summed E-state index contributed by atoms with van der Waals surface area (Å²) < 4.78 is 39.0. The van der Waals surface area contributed by atoms with E-state index in [1.54, 1.807) is 18.3 Å². The van der Waals surface area contributed by atoms with Crippen molar-refractivity contribution in [3.63, 3.8) is 0 Å². The van der Waals surface area contributed by atoms with Crippen LogP contribution in [0.3, 0.4) is 0 Å². The lowest BCUT2D eigenvalue weighted by molar-refractivity contribution is -0.137. The molecule has 1 aliphatic rings. The van der Waals surface area contributed by atoms with E-state index in [-0.39, 0.29) is 0 Å². The predicted molar refractivity (Wildman–Crippen MR) is 104 cm³/mol. The van der Waals surface area contributed by atoms with Gasteiger partial charge in [0.2, 0.25) is 0 Å². The molecule has 1 saturated heterocycles. The summed E-state index contributed by atoms with van der Waals surface area (Å²) in [5, 5.41) is 0.719. The Labute approximate surface area is 164 Å². The minimum Gasteiger partial charge on any atom is -0.368 e. The van der Waals surface area contributed by atoms with E-state index in [2.05, 4.69) is 14.9 Å². The molecule has 2 heterocycles. The third-order valence-corrected chi connectivity index (χ3v) is 5.08. The summed E-state index contributed by atoms with van der Waals surface area (Å²) in [6.45, 7) is 2.34. The molecule has 1 amide bonds. The molecule has 0 spiro atoms. The smallest absolute Gasteiger partial charge is 0.368 e. The van der Waals surface area contributed by atoms with Crippen molar-refractivity contribution in [3.8, 4) is 0 Å². The van der Waals surface area contributed by atoms with Gasteiger partial charge in [0.05, 0.1) is 16.6 Å². The van der Waals surface area contributed by atoms with Crippen molar-refractivity contribution in [2.24, 2.45) is 5.73 Å². The van der Waals surface area contributed by atoms with Gasteiger partial charge in [0, 0.05) is 49.1 Å². The van der Waals surface area contributed by atoms with E-state index in [1.807, 2.05) is 11.0 Å². The van der Waals surface area contributed by atoms with Crippen molar-refractivity contribution >= 4 is 28.2 Å². The Morgan fingerprint density at radius 2 is 1.76 bits per heavy atom. The summed E-state index contributed by atoms with van der Waals surface area (Å²) >= 11 is 0. The Hall–Kier alpha value is -3.36. The number of nitrogens with zero attached hydrogens (tertiary/aromatic N) is 4. The highest BCUT2D eigenvalue weighted by Crippen LogP contribution is 2.33. The standard InChI is InChI=1S/C20H18F3N5O/c21-20(22,23)13-2-1-3-14(10-13)27-6-8-28(9-7-27)17-5-4-15(19(24)29)18-16(17)11-25-12-26-18/h1-5,10-12H,6-9H2,(H2,24,29). The summed E-state index contributed by atoms with van der Waals surface area (Å²) in [6.07, 6.45) is -1.35. The number of alkyl halides is 3. The van der Waals surface area contributed by atoms with E-state index in [4.69, 9.17) is 5.73 Å². The fourth-order valence-corrected chi connectivity index (χ4v) is 3.62. The maximum absolute atomic E-state index is 13.0. The van der Waals surface area contributed by atoms with Gasteiger partial charge in [-0.25, -0.2) is 9.97 Å². The molecule has 29 heavy (non-hydrogen) atoms. The number of rotatable bonds is 3. The maximum atomic E-state index is 13.0. The molecule has 0 bridgehead atoms. The Bertz CT molecular complexity index is 1060. The molecule has 6 nitrogen and oxygen atoms in total. The fraction of sp³-hybridized carbons (Fsp3) is 0.250. The van der Waals surface area contributed by atoms with Crippen molar-refractivity contribution < 1.29 is 18.0 Å². The topological polar surface area (TPSA) is 75.4 Å². The number of benzene rings is 2. The first kappa shape index (κ1) is 19.0. The second kappa shape index (κ2) is 7.23. The number of fused-ring (bicyclic) bond motifs is 1. The van der Waals surface area contributed by atoms with Gasteiger partial charge in [-0.05, 0) is 30.3 Å². The molecule has 0 saturated carbocycles. The third kappa shape index (κ3) is 3.67. The molecule has 3 aromatic rings. The fourth-order valence-electron chi connectivity index (χ4n) is 3.62. The predicted octanol–water partition coefficient (Wildman–Crippen LogP) is 3.07. The van der Waals surface area contributed by atoms with Crippen molar-refractivity contribution in [1.82, 2.24) is 9.97 Å². The zero-order valence-corrected chi connectivity index (χ0v) is 15.4. The van der Waals surface area contributed by atoms with Crippen LogP contribution >= 0.6 is 0 Å². The highest BCUT2D eigenvalue weighted by atomic mass is 19.4. The number of aromatic nitrogens is 2. The lowest BCUT2D eigenvalue weighted by atomic mass is 10.1. The first-order valence-corrected chi connectivity index (χ1v) is 9.04. The summed E-state index contributed by atoms with van der Waals surface area (Å²) in [6, 6.07) is 8.83. The molecular weight excluding hydrogens is 383 g/mol. The van der Waals surface area contributed by atoms with E-state index >= 15 is 0 Å². The van der Waals surface area contributed by atoms with Gasteiger partial charge < -0.3 is 15.5 Å². The number of carbonyl (C=O) groups is 1. The first-order valence-electron chi connectivity index (χ1n) is 9.04. The number of amides is 1. The van der Waals surface area contributed by atoms with E-state index in [1.165, 1.54) is 18.5 Å². The van der Waals surface area contributed by atoms with Crippen LogP contribution < -0.4 is 15.5 Å². The summed E-state index contributed by atoms with van der Waals surface area (Å²) in [5.41, 5.74) is 7.02. The Morgan fingerprint density at radius 1 is 1.03 bits per heavy atom. The monoisotopic (exact) mass is 401 g/mol. The Kier molecular flexibility index (Phi) is 4.73. The van der Waals surface area contributed by atoms with Gasteiger partial charge >= 0.3 is 6.18 Å². The molecule has 2 N–H and O–H groups in total. The van der Waals surface area contributed by atoms with Gasteiger partial charge in [-0.3, -0.25) is 4.79 Å². The molecule has 150 valence electrons. The molecule has 4 rings (SSSR count). The first-order chi connectivity index (χ1) is 13.8. The lowest BCUT2D eigenvalue weighted by Gasteiger charge is -2.38. The Balaban J connectivity index is 1.57. The number of piperazine rings is 1. The SMILES string of the molecule is NC(=O)c1ccc(N2CCN(c3cccc(C(F)(F)F)c3)CC2)c2cncnc12. The van der Waals surface area contributed by atoms with Crippen LogP contribution in [0.15, 0.2) is 48.9 Å². The quantitative estimate of drug-likeness (QED) is 0.730. The van der Waals surface area contributed by atoms with E-state index < -0.39 is 17.6 Å². The number of halogens is 3. The molecule has 1 aliphatic heterocycles. The molecule has 1 fully saturated rings. The summed E-state index contributed by atoms with van der Waals surface area (Å²) in [5.74, 6) is -0.561. The lowest BCUT2D eigenvalue weighted by Crippen LogP contribution is -2.46. The van der Waals surface area contributed by atoms with Crippen LogP contribution in [0.2, 0.25) is 0 Å². The number of carbonyl (C=O) groups excluding carboxylic acids is 1. The molecular formula is C20H18F3N5O. The van der Waals surface area contributed by atoms with Gasteiger partial charge in [-0.1, -0.05) is 6.07 Å². The number of hydrogen-bond donors (Lipinski definition) is 1. The van der Waals surface area contributed by atoms with Gasteiger partial charge in [0.25, 0.3) is 5.91 Å². The number of anilines is 2. The van der Waals surface area contributed by atoms with E-state index in [0.29, 0.717) is 42.9 Å². The highest BCUT2D eigenvalue weighted by Gasteiger charge is 2.31. The summed E-state index contributed by atoms with van der Waals surface area (Å²) in [7, 11) is 0. The number of nitrogens with two attached hydrogens (primary N) is 1. The van der Waals surface area contributed by atoms with Crippen molar-refractivity contribution in [1.29, 1.82) is 0 Å². The van der Waals surface area contributed by atoms with E-state index in [0.717, 1.165) is 17.1 Å². The number of primary amides is 1. The second-order valence-electron chi connectivity index (χ2n) is 6.80. The number of hydrogen-bond acceptors (Lipinski definition) is 5. The molecule has 1 aromatic heterocycles. The molecule has 0 unspecified atom stereocenters. The minimum absolute atomic E-state index is 0.328. The van der Waals surface area contributed by atoms with Crippen LogP contribution in [-0.4, -0.2) is 42.1 Å². The molecule has 0 radical (unpaired) electrons. The average molecular weight is 401 g/mol. The van der Waals surface area contributed by atoms with Crippen LogP contribution in [0.25, 0.3) is 10.9 Å². The third-order valence-electron chi connectivity index (χ3n) is 5.08. The normalized spacial score (nSPS) is 15.0. The van der Waals surface area contributed by atoms with Crippen LogP contribution in [0.1, 0.15) is 15.9 Å². The zero-order chi connectivity index (χ0) is 20.6. The van der Waals surface area contributed by atoms with Gasteiger partial charge in [-0.15, -0.1) is 0 Å². The van der Waals surface area contributed by atoms with Crippen molar-refractivity contribution in [2.75, 3.05) is 36.0 Å². The molecule has 0 aliphatic carbocycles. The molecule has 9 heteroatoms. The Morgan fingerprint density at radius 3 is 2.45 bits per heavy atom. The van der Waals surface area contributed by atoms with E-state index in [9.17, 15) is 18.0 Å². The van der Waals surface area contributed by atoms with Crippen LogP contribution in [-0.2, 0) is 6.18 Å². The van der Waals surface area contributed by atoms with Crippen LogP contribution in [0.4, 0.5) is 24.5 Å².